The summed E-state index contributed by atoms with van der Waals surface area (Å²) in [5, 5.41) is 0. The molecule has 0 bridgehead atoms. The lowest BCUT2D eigenvalue weighted by Crippen LogP contribution is -2.14. The van der Waals surface area contributed by atoms with Gasteiger partial charge in [0.05, 0.1) is 17.7 Å². The van der Waals surface area contributed by atoms with Crippen LogP contribution in [0.25, 0.3) is 17.0 Å². The molecule has 0 radical (unpaired) electrons. The molecule has 1 N–H and O–H groups in total. The van der Waals surface area contributed by atoms with E-state index >= 15 is 0 Å². The van der Waals surface area contributed by atoms with Crippen LogP contribution >= 0.6 is 0 Å². The molecule has 0 aliphatic rings. The average molecular weight is 423 g/mol. The molecule has 2 aromatic carbocycles. The predicted molar refractivity (Wildman–Crippen MR) is 116 cm³/mol. The Labute approximate surface area is 175 Å². The number of methoxy groups -OCH3 is 1. The third-order valence-corrected chi connectivity index (χ3v) is 6.40. The number of aromatic nitrogens is 3. The molecule has 7 nitrogen and oxygen atoms in total. The molecule has 0 atom stereocenters. The van der Waals surface area contributed by atoms with Crippen molar-refractivity contribution in [3.8, 4) is 17.0 Å². The fraction of sp³-hybridized carbons (Fsp3) is 0.182. The second-order valence-electron chi connectivity index (χ2n) is 7.17. The third kappa shape index (κ3) is 3.73. The van der Waals surface area contributed by atoms with Crippen LogP contribution in [0.5, 0.6) is 5.75 Å². The van der Waals surface area contributed by atoms with E-state index in [2.05, 4.69) is 14.7 Å². The second-order valence-corrected chi connectivity index (χ2v) is 8.82. The molecule has 154 valence electrons. The van der Waals surface area contributed by atoms with E-state index in [1.54, 1.807) is 38.3 Å². The van der Waals surface area contributed by atoms with E-state index in [0.29, 0.717) is 22.8 Å². The first kappa shape index (κ1) is 19.9. The highest BCUT2D eigenvalue weighted by molar-refractivity contribution is 7.92. The number of fused-ring (bicyclic) bond motifs is 1. The number of ether oxygens (including phenoxy) is 1. The number of anilines is 1. The number of hydrogen-bond donors (Lipinski definition) is 1. The molecule has 0 amide bonds. The van der Waals surface area contributed by atoms with Crippen molar-refractivity contribution in [2.75, 3.05) is 11.8 Å². The predicted octanol–water partition coefficient (Wildman–Crippen LogP) is 4.13. The average Bonchev–Trinajstić information content (AvgIpc) is 3.12. The molecule has 0 fully saturated rings. The van der Waals surface area contributed by atoms with Gasteiger partial charge >= 0.3 is 0 Å². The minimum Gasteiger partial charge on any atom is -0.496 e. The van der Waals surface area contributed by atoms with Crippen LogP contribution in [0.3, 0.4) is 0 Å². The van der Waals surface area contributed by atoms with Crippen molar-refractivity contribution in [3.63, 3.8) is 0 Å². The highest BCUT2D eigenvalue weighted by atomic mass is 32.2. The first-order chi connectivity index (χ1) is 14.3. The normalized spacial score (nSPS) is 11.6. The van der Waals surface area contributed by atoms with Gasteiger partial charge in [-0.1, -0.05) is 12.1 Å². The fourth-order valence-electron chi connectivity index (χ4n) is 3.29. The molecule has 0 spiro atoms. The zero-order valence-electron chi connectivity index (χ0n) is 17.2. The van der Waals surface area contributed by atoms with Gasteiger partial charge in [0.15, 0.2) is 0 Å². The van der Waals surface area contributed by atoms with Gasteiger partial charge in [-0.2, -0.15) is 0 Å². The number of nitrogens with one attached hydrogen (secondary N) is 1. The number of rotatable bonds is 5. The van der Waals surface area contributed by atoms with Crippen LogP contribution in [-0.4, -0.2) is 29.9 Å². The Hall–Kier alpha value is -3.39. The zero-order chi connectivity index (χ0) is 21.5. The summed E-state index contributed by atoms with van der Waals surface area (Å²) in [7, 11) is -2.16. The largest absolute Gasteiger partial charge is 0.496 e. The molecule has 0 unspecified atom stereocenters. The number of sulfonamides is 1. The van der Waals surface area contributed by atoms with E-state index in [1.165, 1.54) is 0 Å². The van der Waals surface area contributed by atoms with Gasteiger partial charge in [0.25, 0.3) is 10.0 Å². The molecular formula is C22H22N4O3S. The van der Waals surface area contributed by atoms with E-state index in [1.807, 2.05) is 48.8 Å². The Morgan fingerprint density at radius 1 is 0.967 bits per heavy atom. The van der Waals surface area contributed by atoms with Crippen LogP contribution in [0.15, 0.2) is 59.8 Å². The number of nitrogens with zero attached hydrogens (tertiary/aromatic N) is 3. The van der Waals surface area contributed by atoms with Gasteiger partial charge in [-0.3, -0.25) is 9.12 Å². The summed E-state index contributed by atoms with van der Waals surface area (Å²) in [5.74, 6) is 1.29. The van der Waals surface area contributed by atoms with Gasteiger partial charge in [-0.25, -0.2) is 18.4 Å². The Morgan fingerprint density at radius 2 is 1.70 bits per heavy atom. The summed E-state index contributed by atoms with van der Waals surface area (Å²) in [5.41, 5.74) is 4.39. The van der Waals surface area contributed by atoms with Gasteiger partial charge in [0, 0.05) is 29.3 Å². The van der Waals surface area contributed by atoms with Crippen LogP contribution in [0.2, 0.25) is 0 Å². The third-order valence-electron chi connectivity index (χ3n) is 4.88. The molecule has 4 rings (SSSR count). The van der Waals surface area contributed by atoms with E-state index < -0.39 is 10.0 Å². The van der Waals surface area contributed by atoms with Crippen molar-refractivity contribution >= 4 is 21.5 Å². The van der Waals surface area contributed by atoms with E-state index in [4.69, 9.17) is 4.74 Å². The minimum atomic E-state index is -3.73. The van der Waals surface area contributed by atoms with Crippen LogP contribution in [0.1, 0.15) is 16.8 Å². The summed E-state index contributed by atoms with van der Waals surface area (Å²) in [6.07, 6.45) is 3.81. The van der Waals surface area contributed by atoms with Crippen molar-refractivity contribution in [1.29, 1.82) is 0 Å². The summed E-state index contributed by atoms with van der Waals surface area (Å²) in [4.78, 5) is 9.16. The maximum absolute atomic E-state index is 12.9. The first-order valence-electron chi connectivity index (χ1n) is 9.38. The molecule has 30 heavy (non-hydrogen) atoms. The molecule has 0 aliphatic heterocycles. The Kier molecular flexibility index (Phi) is 4.95. The van der Waals surface area contributed by atoms with Crippen LogP contribution in [-0.2, 0) is 10.0 Å². The smallest absolute Gasteiger partial charge is 0.262 e. The molecule has 2 heterocycles. The maximum atomic E-state index is 12.9. The number of benzene rings is 2. The molecule has 0 aliphatic carbocycles. The van der Waals surface area contributed by atoms with Crippen molar-refractivity contribution in [3.05, 3.63) is 71.7 Å². The van der Waals surface area contributed by atoms with Crippen molar-refractivity contribution in [1.82, 2.24) is 14.4 Å². The van der Waals surface area contributed by atoms with Gasteiger partial charge in [0.2, 0.25) is 5.78 Å². The Bertz CT molecular complexity index is 1340. The Balaban J connectivity index is 1.60. The van der Waals surface area contributed by atoms with Gasteiger partial charge < -0.3 is 4.74 Å². The van der Waals surface area contributed by atoms with Crippen molar-refractivity contribution in [2.45, 2.75) is 25.7 Å². The summed E-state index contributed by atoms with van der Waals surface area (Å²) in [6, 6.07) is 12.4. The highest BCUT2D eigenvalue weighted by Gasteiger charge is 2.19. The minimum absolute atomic E-state index is 0.228. The topological polar surface area (TPSA) is 85.6 Å². The monoisotopic (exact) mass is 422 g/mol. The quantitative estimate of drug-likeness (QED) is 0.523. The highest BCUT2D eigenvalue weighted by Crippen LogP contribution is 2.28. The van der Waals surface area contributed by atoms with Crippen molar-refractivity contribution < 1.29 is 13.2 Å². The number of hydrogen-bond acceptors (Lipinski definition) is 5. The molecule has 0 saturated heterocycles. The summed E-state index contributed by atoms with van der Waals surface area (Å²) in [6.45, 7) is 5.48. The number of aryl methyl sites for hydroxylation is 3. The van der Waals surface area contributed by atoms with Gasteiger partial charge in [-0.15, -0.1) is 0 Å². The van der Waals surface area contributed by atoms with E-state index in [-0.39, 0.29) is 4.90 Å². The first-order valence-corrected chi connectivity index (χ1v) is 10.9. The molecule has 2 aromatic heterocycles. The van der Waals surface area contributed by atoms with Crippen LogP contribution < -0.4 is 9.46 Å². The van der Waals surface area contributed by atoms with Gasteiger partial charge in [-0.05, 0) is 62.2 Å². The molecule has 0 saturated carbocycles. The van der Waals surface area contributed by atoms with E-state index in [0.717, 1.165) is 22.5 Å². The summed E-state index contributed by atoms with van der Waals surface area (Å²) >= 11 is 0. The molecule has 4 aromatic rings. The second kappa shape index (κ2) is 7.46. The zero-order valence-corrected chi connectivity index (χ0v) is 18.0. The van der Waals surface area contributed by atoms with Gasteiger partial charge in [0.1, 0.15) is 5.75 Å². The Morgan fingerprint density at radius 3 is 2.40 bits per heavy atom. The maximum Gasteiger partial charge on any atom is 0.262 e. The summed E-state index contributed by atoms with van der Waals surface area (Å²) < 4.78 is 35.6. The lowest BCUT2D eigenvalue weighted by molar-refractivity contribution is 0.411. The van der Waals surface area contributed by atoms with Crippen LogP contribution in [0.4, 0.5) is 5.69 Å². The lowest BCUT2D eigenvalue weighted by Gasteiger charge is -2.13. The molecular weight excluding hydrogens is 400 g/mol. The van der Waals surface area contributed by atoms with Crippen molar-refractivity contribution in [2.24, 2.45) is 0 Å². The number of imidazole rings is 1. The standard InChI is InChI=1S/C22H22N4O3S/c1-14-12-21(15(2)11-20(14)29-4)30(27,28)25-18-7-5-17(6-8-18)19-13-26-10-9-16(3)23-22(26)24-19/h5-13,25H,1-4H3. The molecule has 8 heteroatoms. The van der Waals surface area contributed by atoms with Crippen LogP contribution in [0, 0.1) is 20.8 Å². The van der Waals surface area contributed by atoms with E-state index in [9.17, 15) is 8.42 Å². The lowest BCUT2D eigenvalue weighted by atomic mass is 10.1. The SMILES string of the molecule is COc1cc(C)c(S(=O)(=O)Nc2ccc(-c3cn4ccc(C)nc4n3)cc2)cc1C. The fourth-order valence-corrected chi connectivity index (χ4v) is 4.66.